The predicted molar refractivity (Wildman–Crippen MR) is 74.2 cm³/mol. The molecule has 1 aromatic rings. The number of hydrogen-bond donors (Lipinski definition) is 1. The first-order chi connectivity index (χ1) is 8.78. The van der Waals surface area contributed by atoms with Crippen LogP contribution in [0, 0.1) is 0 Å². The molecule has 1 rings (SSSR count). The van der Waals surface area contributed by atoms with Crippen LogP contribution in [0.25, 0.3) is 0 Å². The lowest BCUT2D eigenvalue weighted by atomic mass is 10.2. The number of rotatable bonds is 6. The third-order valence-corrected chi connectivity index (χ3v) is 4.51. The van der Waals surface area contributed by atoms with Crippen LogP contribution in [-0.2, 0) is 10.0 Å². The molecule has 0 bridgehead atoms. The predicted octanol–water partition coefficient (Wildman–Crippen LogP) is 1.37. The summed E-state index contributed by atoms with van der Waals surface area (Å²) in [6, 6.07) is 5.58. The highest BCUT2D eigenvalue weighted by Crippen LogP contribution is 2.17. The van der Waals surface area contributed by atoms with Gasteiger partial charge in [0.05, 0.1) is 4.90 Å². The Balaban J connectivity index is 3.11. The second kappa shape index (κ2) is 5.99. The molecule has 19 heavy (non-hydrogen) atoms. The van der Waals surface area contributed by atoms with E-state index in [0.717, 1.165) is 5.57 Å². The van der Waals surface area contributed by atoms with E-state index in [1.54, 1.807) is 13.8 Å². The van der Waals surface area contributed by atoms with Crippen molar-refractivity contribution in [3.05, 3.63) is 42.0 Å². The molecular weight excluding hydrogens is 264 g/mol. The first-order valence-electron chi connectivity index (χ1n) is 5.83. The second-order valence-electron chi connectivity index (χ2n) is 4.28. The highest BCUT2D eigenvalue weighted by molar-refractivity contribution is 7.89. The number of likely N-dealkylation sites (N-methyl/N-ethyl adjacent to an activating group) is 1. The third-order valence-electron chi connectivity index (χ3n) is 2.58. The van der Waals surface area contributed by atoms with Gasteiger partial charge in [0.15, 0.2) is 0 Å². The summed E-state index contributed by atoms with van der Waals surface area (Å²) < 4.78 is 26.0. The molecule has 0 aromatic heterocycles. The van der Waals surface area contributed by atoms with Gasteiger partial charge in [-0.15, -0.1) is 0 Å². The van der Waals surface area contributed by atoms with Crippen molar-refractivity contribution < 1.29 is 13.2 Å². The Labute approximate surface area is 113 Å². The van der Waals surface area contributed by atoms with E-state index in [-0.39, 0.29) is 17.0 Å². The largest absolute Gasteiger partial charge is 0.366 e. The van der Waals surface area contributed by atoms with E-state index in [4.69, 9.17) is 5.73 Å². The van der Waals surface area contributed by atoms with E-state index in [1.807, 2.05) is 0 Å². The Morgan fingerprint density at radius 1 is 1.32 bits per heavy atom. The molecule has 0 fully saturated rings. The van der Waals surface area contributed by atoms with Gasteiger partial charge < -0.3 is 5.73 Å². The number of carbonyl (C=O) groups excluding carboxylic acids is 1. The number of primary amides is 1. The van der Waals surface area contributed by atoms with Gasteiger partial charge in [-0.3, -0.25) is 4.79 Å². The van der Waals surface area contributed by atoms with Crippen molar-refractivity contribution in [2.24, 2.45) is 5.73 Å². The van der Waals surface area contributed by atoms with Crippen LogP contribution in [0.5, 0.6) is 0 Å². The summed E-state index contributed by atoms with van der Waals surface area (Å²) in [6.07, 6.45) is 0. The number of carbonyl (C=O) groups is 1. The minimum Gasteiger partial charge on any atom is -0.366 e. The number of amides is 1. The Morgan fingerprint density at radius 2 is 1.84 bits per heavy atom. The standard InChI is InChI=1S/C13H18N2O3S/c1-4-15(9-10(2)3)19(17,18)12-7-5-11(6-8-12)13(14)16/h5-8H,2,4,9H2,1,3H3,(H2,14,16). The first-order valence-corrected chi connectivity index (χ1v) is 7.27. The van der Waals surface area contributed by atoms with Crippen LogP contribution in [-0.4, -0.2) is 31.7 Å². The fourth-order valence-electron chi connectivity index (χ4n) is 1.61. The van der Waals surface area contributed by atoms with Gasteiger partial charge in [0.2, 0.25) is 15.9 Å². The van der Waals surface area contributed by atoms with Gasteiger partial charge in [0.25, 0.3) is 0 Å². The van der Waals surface area contributed by atoms with E-state index in [2.05, 4.69) is 6.58 Å². The van der Waals surface area contributed by atoms with Crippen molar-refractivity contribution in [3.63, 3.8) is 0 Å². The number of hydrogen-bond acceptors (Lipinski definition) is 3. The molecule has 0 unspecified atom stereocenters. The lowest BCUT2D eigenvalue weighted by Gasteiger charge is -2.20. The Hall–Kier alpha value is -1.66. The zero-order valence-corrected chi connectivity index (χ0v) is 11.9. The number of benzene rings is 1. The fourth-order valence-corrected chi connectivity index (χ4v) is 3.12. The maximum Gasteiger partial charge on any atom is 0.248 e. The molecule has 5 nitrogen and oxygen atoms in total. The Kier molecular flexibility index (Phi) is 4.85. The molecule has 1 amide bonds. The summed E-state index contributed by atoms with van der Waals surface area (Å²) in [4.78, 5) is 11.1. The molecule has 104 valence electrons. The lowest BCUT2D eigenvalue weighted by molar-refractivity contribution is 0.1000. The molecule has 1 aromatic carbocycles. The zero-order valence-electron chi connectivity index (χ0n) is 11.1. The highest BCUT2D eigenvalue weighted by Gasteiger charge is 2.22. The summed E-state index contributed by atoms with van der Waals surface area (Å²) >= 11 is 0. The quantitative estimate of drug-likeness (QED) is 0.800. The molecule has 0 heterocycles. The van der Waals surface area contributed by atoms with Crippen molar-refractivity contribution >= 4 is 15.9 Å². The van der Waals surface area contributed by atoms with Crippen molar-refractivity contribution in [1.29, 1.82) is 0 Å². The lowest BCUT2D eigenvalue weighted by Crippen LogP contribution is -2.32. The van der Waals surface area contributed by atoms with Gasteiger partial charge in [-0.2, -0.15) is 4.31 Å². The molecular formula is C13H18N2O3S. The second-order valence-corrected chi connectivity index (χ2v) is 6.21. The van der Waals surface area contributed by atoms with Crippen LogP contribution in [0.15, 0.2) is 41.3 Å². The van der Waals surface area contributed by atoms with Gasteiger partial charge >= 0.3 is 0 Å². The van der Waals surface area contributed by atoms with Crippen molar-refractivity contribution in [2.75, 3.05) is 13.1 Å². The van der Waals surface area contributed by atoms with E-state index < -0.39 is 15.9 Å². The summed E-state index contributed by atoms with van der Waals surface area (Å²) in [5.74, 6) is -0.585. The monoisotopic (exact) mass is 282 g/mol. The summed E-state index contributed by atoms with van der Waals surface area (Å²) in [7, 11) is -3.57. The van der Waals surface area contributed by atoms with Gasteiger partial charge in [0.1, 0.15) is 0 Å². The Morgan fingerprint density at radius 3 is 2.21 bits per heavy atom. The molecule has 0 spiro atoms. The summed E-state index contributed by atoms with van der Waals surface area (Å²) in [5, 5.41) is 0. The Bertz CT molecular complexity index is 576. The molecule has 6 heteroatoms. The zero-order chi connectivity index (χ0) is 14.6. The van der Waals surface area contributed by atoms with Crippen molar-refractivity contribution in [1.82, 2.24) is 4.31 Å². The average molecular weight is 282 g/mol. The highest BCUT2D eigenvalue weighted by atomic mass is 32.2. The SMILES string of the molecule is C=C(C)CN(CC)S(=O)(=O)c1ccc(C(N)=O)cc1. The molecule has 0 saturated carbocycles. The van der Waals surface area contributed by atoms with Gasteiger partial charge in [0, 0.05) is 18.7 Å². The minimum atomic E-state index is -3.57. The third kappa shape index (κ3) is 3.65. The number of nitrogens with zero attached hydrogens (tertiary/aromatic N) is 1. The molecule has 0 radical (unpaired) electrons. The van der Waals surface area contributed by atoms with E-state index in [0.29, 0.717) is 6.54 Å². The summed E-state index contributed by atoms with van der Waals surface area (Å²) in [6.45, 7) is 7.88. The van der Waals surface area contributed by atoms with E-state index in [1.165, 1.54) is 28.6 Å². The smallest absolute Gasteiger partial charge is 0.248 e. The van der Waals surface area contributed by atoms with Gasteiger partial charge in [-0.1, -0.05) is 19.1 Å². The van der Waals surface area contributed by atoms with Crippen LogP contribution in [0.4, 0.5) is 0 Å². The topological polar surface area (TPSA) is 80.5 Å². The maximum absolute atomic E-state index is 12.3. The first kappa shape index (κ1) is 15.4. The van der Waals surface area contributed by atoms with Crippen LogP contribution >= 0.6 is 0 Å². The maximum atomic E-state index is 12.3. The van der Waals surface area contributed by atoms with Crippen LogP contribution in [0.3, 0.4) is 0 Å². The van der Waals surface area contributed by atoms with Crippen molar-refractivity contribution in [3.8, 4) is 0 Å². The van der Waals surface area contributed by atoms with Crippen molar-refractivity contribution in [2.45, 2.75) is 18.7 Å². The van der Waals surface area contributed by atoms with Gasteiger partial charge in [-0.25, -0.2) is 8.42 Å². The normalized spacial score (nSPS) is 11.5. The molecule has 0 saturated heterocycles. The van der Waals surface area contributed by atoms with Crippen LogP contribution < -0.4 is 5.73 Å². The number of nitrogens with two attached hydrogens (primary N) is 1. The average Bonchev–Trinajstić information content (AvgIpc) is 2.35. The molecule has 2 N–H and O–H groups in total. The van der Waals surface area contributed by atoms with Crippen LogP contribution in [0.2, 0.25) is 0 Å². The molecule has 0 aliphatic carbocycles. The molecule has 0 atom stereocenters. The fraction of sp³-hybridized carbons (Fsp3) is 0.308. The minimum absolute atomic E-state index is 0.139. The van der Waals surface area contributed by atoms with E-state index >= 15 is 0 Å². The molecule has 0 aliphatic rings. The summed E-state index contributed by atoms with van der Waals surface area (Å²) in [5.41, 5.74) is 6.16. The van der Waals surface area contributed by atoms with Gasteiger partial charge in [-0.05, 0) is 31.2 Å². The van der Waals surface area contributed by atoms with E-state index in [9.17, 15) is 13.2 Å². The number of sulfonamides is 1. The molecule has 0 aliphatic heterocycles. The van der Waals surface area contributed by atoms with Crippen LogP contribution in [0.1, 0.15) is 24.2 Å².